The first kappa shape index (κ1) is 14.5. The van der Waals surface area contributed by atoms with E-state index < -0.39 is 11.4 Å². The Morgan fingerprint density at radius 1 is 1.00 bits per heavy atom. The number of carbonyl (C=O) groups is 1. The zero-order chi connectivity index (χ0) is 14.8. The standard InChI is InChI=1S/C15H20O5/c1-18-11-9-13(20-3)12(19-2)8-10(11)15(14(16)17)6-4-5-7-15/h8-9H,4-7H2,1-3H3,(H,16,17). The summed E-state index contributed by atoms with van der Waals surface area (Å²) < 4.78 is 15.9. The molecule has 1 fully saturated rings. The van der Waals surface area contributed by atoms with E-state index in [0.717, 1.165) is 12.8 Å². The number of benzene rings is 1. The summed E-state index contributed by atoms with van der Waals surface area (Å²) in [6, 6.07) is 3.42. The van der Waals surface area contributed by atoms with Crippen LogP contribution in [-0.2, 0) is 10.2 Å². The van der Waals surface area contributed by atoms with Crippen molar-refractivity contribution in [2.24, 2.45) is 0 Å². The molecule has 5 heteroatoms. The lowest BCUT2D eigenvalue weighted by molar-refractivity contribution is -0.143. The van der Waals surface area contributed by atoms with Crippen LogP contribution in [0, 0.1) is 0 Å². The number of rotatable bonds is 5. The number of hydrogen-bond acceptors (Lipinski definition) is 4. The smallest absolute Gasteiger partial charge is 0.314 e. The second-order valence-electron chi connectivity index (χ2n) is 5.00. The molecule has 0 amide bonds. The van der Waals surface area contributed by atoms with E-state index in [2.05, 4.69) is 0 Å². The predicted molar refractivity (Wildman–Crippen MR) is 73.9 cm³/mol. The normalized spacial score (nSPS) is 16.8. The summed E-state index contributed by atoms with van der Waals surface area (Å²) in [6.07, 6.45) is 3.05. The Morgan fingerprint density at radius 3 is 1.95 bits per heavy atom. The van der Waals surface area contributed by atoms with Crippen molar-refractivity contribution in [3.05, 3.63) is 17.7 Å². The van der Waals surface area contributed by atoms with Crippen molar-refractivity contribution in [1.82, 2.24) is 0 Å². The molecule has 0 radical (unpaired) electrons. The number of methoxy groups -OCH3 is 3. The third-order valence-electron chi connectivity index (χ3n) is 4.09. The van der Waals surface area contributed by atoms with Crippen LogP contribution in [0.3, 0.4) is 0 Å². The summed E-state index contributed by atoms with van der Waals surface area (Å²) in [5, 5.41) is 9.70. The van der Waals surface area contributed by atoms with Crippen molar-refractivity contribution in [2.45, 2.75) is 31.1 Å². The van der Waals surface area contributed by atoms with Crippen LogP contribution in [0.25, 0.3) is 0 Å². The number of aliphatic carboxylic acids is 1. The third-order valence-corrected chi connectivity index (χ3v) is 4.09. The van der Waals surface area contributed by atoms with Gasteiger partial charge in [-0.1, -0.05) is 12.8 Å². The van der Waals surface area contributed by atoms with E-state index in [4.69, 9.17) is 14.2 Å². The second-order valence-corrected chi connectivity index (χ2v) is 5.00. The largest absolute Gasteiger partial charge is 0.496 e. The van der Waals surface area contributed by atoms with E-state index in [9.17, 15) is 9.90 Å². The lowest BCUT2D eigenvalue weighted by Crippen LogP contribution is -2.33. The molecule has 0 atom stereocenters. The zero-order valence-electron chi connectivity index (χ0n) is 12.1. The molecule has 0 saturated heterocycles. The van der Waals surface area contributed by atoms with Crippen LogP contribution in [0.2, 0.25) is 0 Å². The van der Waals surface area contributed by atoms with Gasteiger partial charge in [0.15, 0.2) is 11.5 Å². The molecule has 0 bridgehead atoms. The molecule has 1 aliphatic carbocycles. The second kappa shape index (κ2) is 5.61. The molecule has 0 unspecified atom stereocenters. The van der Waals surface area contributed by atoms with Crippen LogP contribution in [0.4, 0.5) is 0 Å². The Kier molecular flexibility index (Phi) is 4.06. The fourth-order valence-electron chi connectivity index (χ4n) is 2.98. The molecule has 20 heavy (non-hydrogen) atoms. The monoisotopic (exact) mass is 280 g/mol. The highest BCUT2D eigenvalue weighted by Gasteiger charge is 2.45. The molecule has 0 spiro atoms. The molecule has 2 rings (SSSR count). The molecule has 0 aliphatic heterocycles. The zero-order valence-corrected chi connectivity index (χ0v) is 12.1. The van der Waals surface area contributed by atoms with E-state index in [0.29, 0.717) is 35.7 Å². The van der Waals surface area contributed by atoms with Gasteiger partial charge >= 0.3 is 5.97 Å². The van der Waals surface area contributed by atoms with Crippen LogP contribution in [-0.4, -0.2) is 32.4 Å². The number of ether oxygens (including phenoxy) is 3. The fraction of sp³-hybridized carbons (Fsp3) is 0.533. The van der Waals surface area contributed by atoms with Gasteiger partial charge in [0.05, 0.1) is 26.7 Å². The molecule has 1 N–H and O–H groups in total. The van der Waals surface area contributed by atoms with Gasteiger partial charge in [0.1, 0.15) is 5.75 Å². The van der Waals surface area contributed by atoms with Crippen LogP contribution in [0.1, 0.15) is 31.2 Å². The molecular formula is C15H20O5. The van der Waals surface area contributed by atoms with E-state index in [-0.39, 0.29) is 0 Å². The van der Waals surface area contributed by atoms with Crippen LogP contribution >= 0.6 is 0 Å². The molecule has 1 saturated carbocycles. The Bertz CT molecular complexity index is 503. The van der Waals surface area contributed by atoms with Crippen molar-refractivity contribution in [3.63, 3.8) is 0 Å². The molecule has 1 aromatic carbocycles. The highest BCUT2D eigenvalue weighted by Crippen LogP contribution is 2.48. The van der Waals surface area contributed by atoms with Gasteiger partial charge < -0.3 is 19.3 Å². The highest BCUT2D eigenvalue weighted by molar-refractivity contribution is 5.83. The van der Waals surface area contributed by atoms with Crippen molar-refractivity contribution in [2.75, 3.05) is 21.3 Å². The minimum absolute atomic E-state index is 0.524. The maximum Gasteiger partial charge on any atom is 0.314 e. The van der Waals surface area contributed by atoms with Crippen molar-refractivity contribution < 1.29 is 24.1 Å². The van der Waals surface area contributed by atoms with Gasteiger partial charge in [0.25, 0.3) is 0 Å². The summed E-state index contributed by atoms with van der Waals surface area (Å²) in [5.74, 6) is 0.787. The Morgan fingerprint density at radius 2 is 1.50 bits per heavy atom. The van der Waals surface area contributed by atoms with Gasteiger partial charge in [-0.3, -0.25) is 4.79 Å². The molecule has 5 nitrogen and oxygen atoms in total. The predicted octanol–water partition coefficient (Wildman–Crippen LogP) is 2.61. The van der Waals surface area contributed by atoms with Crippen molar-refractivity contribution >= 4 is 5.97 Å². The first-order valence-corrected chi connectivity index (χ1v) is 6.63. The highest BCUT2D eigenvalue weighted by atomic mass is 16.5. The van der Waals surface area contributed by atoms with Crippen molar-refractivity contribution in [3.8, 4) is 17.2 Å². The Labute approximate surface area is 118 Å². The van der Waals surface area contributed by atoms with Crippen molar-refractivity contribution in [1.29, 1.82) is 0 Å². The minimum Gasteiger partial charge on any atom is -0.496 e. The average Bonchev–Trinajstić information content (AvgIpc) is 2.96. The maximum atomic E-state index is 11.8. The lowest BCUT2D eigenvalue weighted by Gasteiger charge is -2.27. The van der Waals surface area contributed by atoms with E-state index in [1.807, 2.05) is 0 Å². The molecule has 0 aromatic heterocycles. The summed E-state index contributed by atoms with van der Waals surface area (Å²) in [7, 11) is 4.62. The van der Waals surface area contributed by atoms with Gasteiger partial charge in [-0.15, -0.1) is 0 Å². The first-order chi connectivity index (χ1) is 9.58. The topological polar surface area (TPSA) is 65.0 Å². The number of carboxylic acids is 1. The SMILES string of the molecule is COc1cc(OC)c(C2(C(=O)O)CCCC2)cc1OC. The Balaban J connectivity index is 2.62. The maximum absolute atomic E-state index is 11.8. The minimum atomic E-state index is -0.884. The van der Waals surface area contributed by atoms with E-state index in [1.54, 1.807) is 19.2 Å². The van der Waals surface area contributed by atoms with Gasteiger partial charge in [0.2, 0.25) is 0 Å². The summed E-state index contributed by atoms with van der Waals surface area (Å²) in [4.78, 5) is 11.8. The van der Waals surface area contributed by atoms with Crippen LogP contribution in [0.5, 0.6) is 17.2 Å². The number of hydrogen-bond donors (Lipinski definition) is 1. The quantitative estimate of drug-likeness (QED) is 0.898. The van der Waals surface area contributed by atoms with E-state index >= 15 is 0 Å². The van der Waals surface area contributed by atoms with Gasteiger partial charge in [-0.25, -0.2) is 0 Å². The third kappa shape index (κ3) is 2.17. The molecule has 1 aromatic rings. The van der Waals surface area contributed by atoms with Gasteiger partial charge in [-0.2, -0.15) is 0 Å². The fourth-order valence-corrected chi connectivity index (χ4v) is 2.98. The molecule has 110 valence electrons. The van der Waals surface area contributed by atoms with Crippen LogP contribution in [0.15, 0.2) is 12.1 Å². The molecular weight excluding hydrogens is 260 g/mol. The molecule has 1 aliphatic rings. The average molecular weight is 280 g/mol. The number of carboxylic acid groups (broad SMARTS) is 1. The van der Waals surface area contributed by atoms with Gasteiger partial charge in [-0.05, 0) is 18.9 Å². The summed E-state index contributed by atoms with van der Waals surface area (Å²) >= 11 is 0. The van der Waals surface area contributed by atoms with Gasteiger partial charge in [0, 0.05) is 11.6 Å². The lowest BCUT2D eigenvalue weighted by atomic mass is 9.78. The first-order valence-electron chi connectivity index (χ1n) is 6.63. The van der Waals surface area contributed by atoms with E-state index in [1.165, 1.54) is 14.2 Å². The summed E-state index contributed by atoms with van der Waals surface area (Å²) in [6.45, 7) is 0. The molecule has 0 heterocycles. The Hall–Kier alpha value is -1.91. The summed E-state index contributed by atoms with van der Waals surface area (Å²) in [5.41, 5.74) is -0.215. The van der Waals surface area contributed by atoms with Crippen LogP contribution < -0.4 is 14.2 Å².